The molecule has 0 bridgehead atoms. The number of hydrogen-bond acceptors (Lipinski definition) is 3. The van der Waals surface area contributed by atoms with E-state index in [0.29, 0.717) is 12.5 Å². The van der Waals surface area contributed by atoms with Crippen LogP contribution in [-0.4, -0.2) is 21.1 Å². The summed E-state index contributed by atoms with van der Waals surface area (Å²) in [5.41, 5.74) is 0. The topological polar surface area (TPSA) is 35.5 Å². The Bertz CT molecular complexity index is 187. The Morgan fingerprint density at radius 3 is 2.46 bits per heavy atom. The van der Waals surface area contributed by atoms with Gasteiger partial charge in [0.15, 0.2) is 0 Å². The lowest BCUT2D eigenvalue weighted by Gasteiger charge is -2.22. The van der Waals surface area contributed by atoms with E-state index in [4.69, 9.17) is 8.85 Å². The molecule has 0 heterocycles. The Morgan fingerprint density at radius 2 is 2.08 bits per heavy atom. The molecule has 0 unspecified atom stereocenters. The molecule has 4 heteroatoms. The quantitative estimate of drug-likeness (QED) is 0.506. The smallest absolute Gasteiger partial charge is 0.395 e. The highest BCUT2D eigenvalue weighted by atomic mass is 28.4. The van der Waals surface area contributed by atoms with Crippen molar-refractivity contribution < 1.29 is 13.6 Å². The fourth-order valence-electron chi connectivity index (χ4n) is 0.681. The normalized spacial score (nSPS) is 11.5. The molecule has 0 saturated heterocycles. The van der Waals surface area contributed by atoms with Crippen LogP contribution in [-0.2, 0) is 13.6 Å². The molecule has 0 aliphatic carbocycles. The van der Waals surface area contributed by atoms with Crippen molar-refractivity contribution in [3.05, 3.63) is 12.7 Å². The van der Waals surface area contributed by atoms with Gasteiger partial charge in [-0.1, -0.05) is 20.4 Å². The molecule has 76 valence electrons. The van der Waals surface area contributed by atoms with Crippen LogP contribution in [0.5, 0.6) is 0 Å². The third-order valence-corrected chi connectivity index (χ3v) is 2.83. The van der Waals surface area contributed by atoms with Gasteiger partial charge in [0.1, 0.15) is 0 Å². The summed E-state index contributed by atoms with van der Waals surface area (Å²) in [6, 6.07) is 0. The van der Waals surface area contributed by atoms with Gasteiger partial charge in [-0.3, -0.25) is 0 Å². The molecular weight excluding hydrogens is 184 g/mol. The van der Waals surface area contributed by atoms with Gasteiger partial charge in [-0.15, -0.1) is 0 Å². The van der Waals surface area contributed by atoms with Gasteiger partial charge in [0.05, 0.1) is 0 Å². The summed E-state index contributed by atoms with van der Waals surface area (Å²) in [4.78, 5) is 10.9. The summed E-state index contributed by atoms with van der Waals surface area (Å²) in [6.07, 6.45) is 1.16. The van der Waals surface area contributed by atoms with Crippen LogP contribution < -0.4 is 0 Å². The second-order valence-corrected chi connectivity index (χ2v) is 7.02. The van der Waals surface area contributed by atoms with Crippen LogP contribution in [0.2, 0.25) is 13.1 Å². The number of carbonyl (C=O) groups is 1. The predicted octanol–water partition coefficient (Wildman–Crippen LogP) is 2.09. The fraction of sp³-hybridized carbons (Fsp3) is 0.667. The van der Waals surface area contributed by atoms with Crippen molar-refractivity contribution in [2.75, 3.05) is 6.61 Å². The van der Waals surface area contributed by atoms with E-state index < -0.39 is 14.5 Å². The van der Waals surface area contributed by atoms with E-state index in [9.17, 15) is 4.79 Å². The average Bonchev–Trinajstić information content (AvgIpc) is 2.00. The predicted molar refractivity (Wildman–Crippen MR) is 54.6 cm³/mol. The van der Waals surface area contributed by atoms with E-state index in [2.05, 4.69) is 20.4 Å². The van der Waals surface area contributed by atoms with E-state index in [1.165, 1.54) is 0 Å². The lowest BCUT2D eigenvalue weighted by atomic mass is 10.2. The van der Waals surface area contributed by atoms with Crippen LogP contribution in [0.4, 0.5) is 0 Å². The monoisotopic (exact) mass is 202 g/mol. The van der Waals surface area contributed by atoms with Gasteiger partial charge in [-0.05, 0) is 19.0 Å². The van der Waals surface area contributed by atoms with Gasteiger partial charge in [0, 0.05) is 12.7 Å². The standard InChI is InChI=1S/C9H18O3Si/c1-6-9(10)12-13(4,5)11-7-8(2)3/h6,8H,1,7H2,2-5H3. The van der Waals surface area contributed by atoms with E-state index in [1.807, 2.05) is 13.1 Å². The fourth-order valence-corrected chi connectivity index (χ4v) is 2.04. The first kappa shape index (κ1) is 12.4. The number of rotatable bonds is 5. The van der Waals surface area contributed by atoms with E-state index in [-0.39, 0.29) is 0 Å². The van der Waals surface area contributed by atoms with Crippen molar-refractivity contribution in [1.29, 1.82) is 0 Å². The molecule has 0 N–H and O–H groups in total. The Labute approximate surface area is 81.0 Å². The summed E-state index contributed by atoms with van der Waals surface area (Å²) in [6.45, 7) is 11.8. The minimum absolute atomic E-state index is 0.402. The van der Waals surface area contributed by atoms with Crippen molar-refractivity contribution in [1.82, 2.24) is 0 Å². The second-order valence-electron chi connectivity index (χ2n) is 3.73. The minimum atomic E-state index is -2.27. The minimum Gasteiger partial charge on any atom is -0.491 e. The van der Waals surface area contributed by atoms with Gasteiger partial charge in [0.2, 0.25) is 0 Å². The first-order valence-corrected chi connectivity index (χ1v) is 7.18. The highest BCUT2D eigenvalue weighted by molar-refractivity contribution is 6.66. The van der Waals surface area contributed by atoms with Crippen LogP contribution in [0.15, 0.2) is 12.7 Å². The highest BCUT2D eigenvalue weighted by Crippen LogP contribution is 2.09. The van der Waals surface area contributed by atoms with Gasteiger partial charge in [-0.2, -0.15) is 0 Å². The second kappa shape index (κ2) is 5.19. The van der Waals surface area contributed by atoms with Crippen LogP contribution in [0.3, 0.4) is 0 Å². The third kappa shape index (κ3) is 6.54. The van der Waals surface area contributed by atoms with Crippen molar-refractivity contribution in [3.63, 3.8) is 0 Å². The number of hydrogen-bond donors (Lipinski definition) is 0. The molecule has 0 aromatic carbocycles. The van der Waals surface area contributed by atoms with Crippen molar-refractivity contribution >= 4 is 14.5 Å². The Hall–Kier alpha value is -0.613. The largest absolute Gasteiger partial charge is 0.491 e. The van der Waals surface area contributed by atoms with Gasteiger partial charge >= 0.3 is 14.5 Å². The van der Waals surface area contributed by atoms with Gasteiger partial charge in [-0.25, -0.2) is 4.79 Å². The maximum absolute atomic E-state index is 10.9. The molecule has 0 saturated carbocycles. The molecule has 0 fully saturated rings. The first-order chi connectivity index (χ1) is 5.87. The zero-order chi connectivity index (χ0) is 10.5. The molecule has 0 aromatic heterocycles. The Balaban J connectivity index is 3.92. The van der Waals surface area contributed by atoms with Gasteiger partial charge < -0.3 is 8.85 Å². The van der Waals surface area contributed by atoms with E-state index in [1.54, 1.807) is 0 Å². The molecule has 0 rings (SSSR count). The molecule has 13 heavy (non-hydrogen) atoms. The van der Waals surface area contributed by atoms with E-state index >= 15 is 0 Å². The zero-order valence-electron chi connectivity index (χ0n) is 8.79. The van der Waals surface area contributed by atoms with Crippen LogP contribution in [0, 0.1) is 5.92 Å². The molecule has 0 atom stereocenters. The van der Waals surface area contributed by atoms with Crippen molar-refractivity contribution in [3.8, 4) is 0 Å². The molecule has 0 aliphatic heterocycles. The molecule has 0 aromatic rings. The van der Waals surface area contributed by atoms with Crippen LogP contribution >= 0.6 is 0 Å². The van der Waals surface area contributed by atoms with Crippen LogP contribution in [0.1, 0.15) is 13.8 Å². The first-order valence-electron chi connectivity index (χ1n) is 4.37. The lowest BCUT2D eigenvalue weighted by Crippen LogP contribution is -2.37. The summed E-state index contributed by atoms with van der Waals surface area (Å²) in [7, 11) is -2.27. The molecule has 0 radical (unpaired) electrons. The Morgan fingerprint density at radius 1 is 1.54 bits per heavy atom. The SMILES string of the molecule is C=CC(=O)O[Si](C)(C)OCC(C)C. The van der Waals surface area contributed by atoms with Crippen molar-refractivity contribution in [2.24, 2.45) is 5.92 Å². The summed E-state index contributed by atoms with van der Waals surface area (Å²) >= 11 is 0. The average molecular weight is 202 g/mol. The zero-order valence-corrected chi connectivity index (χ0v) is 9.79. The van der Waals surface area contributed by atoms with Gasteiger partial charge in [0.25, 0.3) is 0 Å². The van der Waals surface area contributed by atoms with Crippen LogP contribution in [0.25, 0.3) is 0 Å². The summed E-state index contributed by atoms with van der Waals surface area (Å²) < 4.78 is 10.6. The molecule has 0 spiro atoms. The number of carbonyl (C=O) groups excluding carboxylic acids is 1. The lowest BCUT2D eigenvalue weighted by molar-refractivity contribution is -0.131. The molecular formula is C9H18O3Si. The third-order valence-electron chi connectivity index (χ3n) is 1.28. The maximum Gasteiger partial charge on any atom is 0.395 e. The summed E-state index contributed by atoms with van der Waals surface area (Å²) in [5, 5.41) is 0. The summed E-state index contributed by atoms with van der Waals surface area (Å²) in [5.74, 6) is 0.0506. The Kier molecular flexibility index (Phi) is 4.94. The molecule has 0 amide bonds. The highest BCUT2D eigenvalue weighted by Gasteiger charge is 2.28. The molecule has 0 aliphatic rings. The maximum atomic E-state index is 10.9. The van der Waals surface area contributed by atoms with E-state index in [0.717, 1.165) is 6.08 Å². The molecule has 3 nitrogen and oxygen atoms in total. The van der Waals surface area contributed by atoms with Crippen molar-refractivity contribution in [2.45, 2.75) is 26.9 Å².